The molecule has 2 aromatic rings. The van der Waals surface area contributed by atoms with Gasteiger partial charge in [0, 0.05) is 5.56 Å². The molecule has 21 heavy (non-hydrogen) atoms. The van der Waals surface area contributed by atoms with Gasteiger partial charge < -0.3 is 23.7 Å². The van der Waals surface area contributed by atoms with Crippen molar-refractivity contribution in [3.8, 4) is 11.5 Å². The highest BCUT2D eigenvalue weighted by Gasteiger charge is 2.21. The number of benzene rings is 1. The Labute approximate surface area is 121 Å². The lowest BCUT2D eigenvalue weighted by molar-refractivity contribution is 0.0558. The van der Waals surface area contributed by atoms with E-state index in [1.807, 2.05) is 0 Å². The molecule has 0 saturated carbocycles. The van der Waals surface area contributed by atoms with Crippen molar-refractivity contribution >= 4 is 5.97 Å². The fraction of sp³-hybridized carbons (Fsp3) is 0.267. The molecule has 0 fully saturated rings. The summed E-state index contributed by atoms with van der Waals surface area (Å²) in [6.07, 6.45) is -1.09. The fourth-order valence-electron chi connectivity index (χ4n) is 1.92. The van der Waals surface area contributed by atoms with E-state index in [1.54, 1.807) is 18.2 Å². The minimum absolute atomic E-state index is 0.0217. The highest BCUT2D eigenvalue weighted by atomic mass is 16.5. The zero-order chi connectivity index (χ0) is 15.4. The van der Waals surface area contributed by atoms with E-state index in [-0.39, 0.29) is 11.5 Å². The molecule has 0 aliphatic carbocycles. The number of methoxy groups -OCH3 is 3. The zero-order valence-electron chi connectivity index (χ0n) is 12.0. The van der Waals surface area contributed by atoms with E-state index in [2.05, 4.69) is 4.74 Å². The van der Waals surface area contributed by atoms with Gasteiger partial charge in [-0.1, -0.05) is 0 Å². The number of hydrogen-bond donors (Lipinski definition) is 1. The van der Waals surface area contributed by atoms with Gasteiger partial charge in [-0.25, -0.2) is 4.79 Å². The average molecular weight is 292 g/mol. The maximum absolute atomic E-state index is 11.4. The molecule has 1 aromatic carbocycles. The van der Waals surface area contributed by atoms with Gasteiger partial charge in [0.25, 0.3) is 0 Å². The molecule has 1 heterocycles. The van der Waals surface area contributed by atoms with Crippen LogP contribution in [0.2, 0.25) is 0 Å². The number of hydrogen-bond acceptors (Lipinski definition) is 6. The highest BCUT2D eigenvalue weighted by molar-refractivity contribution is 5.86. The molecule has 2 rings (SSSR count). The van der Waals surface area contributed by atoms with Gasteiger partial charge in [0.05, 0.1) is 21.3 Å². The van der Waals surface area contributed by atoms with Crippen LogP contribution in [0.4, 0.5) is 0 Å². The number of carbonyl (C=O) groups excluding carboxylic acids is 1. The van der Waals surface area contributed by atoms with Crippen LogP contribution in [0.15, 0.2) is 34.7 Å². The third kappa shape index (κ3) is 3.00. The Hall–Kier alpha value is -2.47. The van der Waals surface area contributed by atoms with Crippen LogP contribution in [0.5, 0.6) is 11.5 Å². The quantitative estimate of drug-likeness (QED) is 0.851. The zero-order valence-corrected chi connectivity index (χ0v) is 12.0. The monoisotopic (exact) mass is 292 g/mol. The van der Waals surface area contributed by atoms with E-state index in [9.17, 15) is 9.90 Å². The molecule has 0 aliphatic rings. The summed E-state index contributed by atoms with van der Waals surface area (Å²) in [4.78, 5) is 11.4. The largest absolute Gasteiger partial charge is 0.497 e. The van der Waals surface area contributed by atoms with Crippen molar-refractivity contribution in [2.75, 3.05) is 21.3 Å². The second kappa shape index (κ2) is 6.32. The van der Waals surface area contributed by atoms with Gasteiger partial charge in [0.1, 0.15) is 23.4 Å². The SMILES string of the molecule is COC(=O)c1ccc(C(O)c2cc(OC)ccc2OC)o1. The minimum Gasteiger partial charge on any atom is -0.497 e. The lowest BCUT2D eigenvalue weighted by Gasteiger charge is -2.14. The number of aliphatic hydroxyl groups is 1. The van der Waals surface area contributed by atoms with Crippen molar-refractivity contribution < 1.29 is 28.5 Å². The molecule has 1 atom stereocenters. The molecule has 0 bridgehead atoms. The Morgan fingerprint density at radius 2 is 1.90 bits per heavy atom. The number of carbonyl (C=O) groups is 1. The van der Waals surface area contributed by atoms with Gasteiger partial charge in [-0.15, -0.1) is 0 Å². The van der Waals surface area contributed by atoms with Gasteiger partial charge in [-0.3, -0.25) is 0 Å². The first-order valence-electron chi connectivity index (χ1n) is 6.18. The summed E-state index contributed by atoms with van der Waals surface area (Å²) in [5.41, 5.74) is 0.475. The molecule has 112 valence electrons. The summed E-state index contributed by atoms with van der Waals surface area (Å²) in [7, 11) is 4.28. The van der Waals surface area contributed by atoms with Gasteiger partial charge in [0.15, 0.2) is 0 Å². The molecule has 6 nitrogen and oxygen atoms in total. The third-order valence-corrected chi connectivity index (χ3v) is 3.01. The third-order valence-electron chi connectivity index (χ3n) is 3.01. The van der Waals surface area contributed by atoms with Crippen LogP contribution in [-0.4, -0.2) is 32.4 Å². The topological polar surface area (TPSA) is 78.1 Å². The first-order valence-corrected chi connectivity index (χ1v) is 6.18. The molecular formula is C15H16O6. The number of aliphatic hydroxyl groups excluding tert-OH is 1. The van der Waals surface area contributed by atoms with Crippen LogP contribution < -0.4 is 9.47 Å². The van der Waals surface area contributed by atoms with Crippen LogP contribution in [-0.2, 0) is 4.74 Å². The first-order chi connectivity index (χ1) is 10.1. The van der Waals surface area contributed by atoms with Crippen molar-refractivity contribution in [1.29, 1.82) is 0 Å². The van der Waals surface area contributed by atoms with Crippen LogP contribution in [0.1, 0.15) is 28.0 Å². The minimum atomic E-state index is -1.09. The number of ether oxygens (including phenoxy) is 3. The Balaban J connectivity index is 2.36. The molecule has 1 aromatic heterocycles. The summed E-state index contributed by atoms with van der Waals surface area (Å²) in [6, 6.07) is 8.00. The maximum Gasteiger partial charge on any atom is 0.373 e. The van der Waals surface area contributed by atoms with Gasteiger partial charge in [-0.05, 0) is 30.3 Å². The summed E-state index contributed by atoms with van der Waals surface area (Å²) >= 11 is 0. The van der Waals surface area contributed by atoms with Crippen LogP contribution >= 0.6 is 0 Å². The molecule has 0 amide bonds. The summed E-state index contributed by atoms with van der Waals surface area (Å²) in [5, 5.41) is 10.4. The van der Waals surface area contributed by atoms with Crippen LogP contribution in [0, 0.1) is 0 Å². The number of esters is 1. The van der Waals surface area contributed by atoms with Crippen molar-refractivity contribution in [2.45, 2.75) is 6.10 Å². The molecule has 6 heteroatoms. The van der Waals surface area contributed by atoms with Gasteiger partial charge >= 0.3 is 5.97 Å². The van der Waals surface area contributed by atoms with Crippen LogP contribution in [0.3, 0.4) is 0 Å². The van der Waals surface area contributed by atoms with E-state index >= 15 is 0 Å². The van der Waals surface area contributed by atoms with Crippen molar-refractivity contribution in [3.63, 3.8) is 0 Å². The van der Waals surface area contributed by atoms with E-state index in [1.165, 1.54) is 33.5 Å². The van der Waals surface area contributed by atoms with E-state index in [0.717, 1.165) is 0 Å². The maximum atomic E-state index is 11.4. The second-order valence-electron chi connectivity index (χ2n) is 4.20. The lowest BCUT2D eigenvalue weighted by Crippen LogP contribution is -2.03. The van der Waals surface area contributed by atoms with Gasteiger partial charge in [-0.2, -0.15) is 0 Å². The molecular weight excluding hydrogens is 276 g/mol. The lowest BCUT2D eigenvalue weighted by atomic mass is 10.1. The van der Waals surface area contributed by atoms with Crippen molar-refractivity contribution in [2.24, 2.45) is 0 Å². The average Bonchev–Trinajstić information content (AvgIpc) is 3.02. The number of furan rings is 1. The van der Waals surface area contributed by atoms with Crippen LogP contribution in [0.25, 0.3) is 0 Å². The second-order valence-corrected chi connectivity index (χ2v) is 4.20. The van der Waals surface area contributed by atoms with Crippen molar-refractivity contribution in [3.05, 3.63) is 47.4 Å². The molecule has 0 saturated heterocycles. The number of rotatable bonds is 5. The standard InChI is InChI=1S/C15H16O6/c1-18-9-4-5-11(19-2)10(8-9)14(16)12-6-7-13(21-12)15(17)20-3/h4-8,14,16H,1-3H3. The molecule has 0 aliphatic heterocycles. The summed E-state index contributed by atoms with van der Waals surface area (Å²) in [6.45, 7) is 0. The summed E-state index contributed by atoms with van der Waals surface area (Å²) < 4.78 is 20.2. The van der Waals surface area contributed by atoms with Gasteiger partial charge in [0.2, 0.25) is 5.76 Å². The molecule has 1 unspecified atom stereocenters. The van der Waals surface area contributed by atoms with E-state index in [0.29, 0.717) is 17.1 Å². The highest BCUT2D eigenvalue weighted by Crippen LogP contribution is 2.33. The Morgan fingerprint density at radius 3 is 2.52 bits per heavy atom. The Bertz CT molecular complexity index is 631. The summed E-state index contributed by atoms with van der Waals surface area (Å²) in [5.74, 6) is 0.685. The normalized spacial score (nSPS) is 11.8. The fourth-order valence-corrected chi connectivity index (χ4v) is 1.92. The Kier molecular flexibility index (Phi) is 4.49. The van der Waals surface area contributed by atoms with Crippen molar-refractivity contribution in [1.82, 2.24) is 0 Å². The predicted octanol–water partition coefficient (Wildman–Crippen LogP) is 2.17. The Morgan fingerprint density at radius 1 is 1.14 bits per heavy atom. The predicted molar refractivity (Wildman–Crippen MR) is 73.7 cm³/mol. The smallest absolute Gasteiger partial charge is 0.373 e. The molecule has 0 radical (unpaired) electrons. The first kappa shape index (κ1) is 14.9. The molecule has 0 spiro atoms. The molecule has 1 N–H and O–H groups in total. The van der Waals surface area contributed by atoms with E-state index < -0.39 is 12.1 Å². The van der Waals surface area contributed by atoms with E-state index in [4.69, 9.17) is 13.9 Å².